The summed E-state index contributed by atoms with van der Waals surface area (Å²) in [4.78, 5) is 16.3. The molecule has 1 aliphatic rings. The lowest BCUT2D eigenvalue weighted by Crippen LogP contribution is -2.44. The first-order valence-corrected chi connectivity index (χ1v) is 8.10. The van der Waals surface area contributed by atoms with Crippen LogP contribution in [0.3, 0.4) is 0 Å². The van der Waals surface area contributed by atoms with Crippen molar-refractivity contribution >= 4 is 11.6 Å². The predicted molar refractivity (Wildman–Crippen MR) is 92.0 cm³/mol. The average Bonchev–Trinajstić information content (AvgIpc) is 2.58. The number of nitrogens with one attached hydrogen (secondary N) is 1. The topological polar surface area (TPSA) is 59.4 Å². The molecule has 122 valence electrons. The molecule has 0 spiro atoms. The molecule has 1 fully saturated rings. The largest absolute Gasteiger partial charge is 0.373 e. The van der Waals surface area contributed by atoms with Crippen LogP contribution < -0.4 is 10.2 Å². The molecular formula is C18H24N4O. The van der Waals surface area contributed by atoms with Gasteiger partial charge in [-0.3, -0.25) is 4.79 Å². The van der Waals surface area contributed by atoms with E-state index >= 15 is 0 Å². The van der Waals surface area contributed by atoms with Gasteiger partial charge in [-0.1, -0.05) is 19.1 Å². The molecule has 0 radical (unpaired) electrons. The average molecular weight is 312 g/mol. The highest BCUT2D eigenvalue weighted by molar-refractivity contribution is 5.97. The summed E-state index contributed by atoms with van der Waals surface area (Å²) in [5, 5.41) is 11.9. The van der Waals surface area contributed by atoms with E-state index in [0.717, 1.165) is 32.6 Å². The van der Waals surface area contributed by atoms with Crippen LogP contribution in [0.1, 0.15) is 18.9 Å². The molecular weight excluding hydrogens is 288 g/mol. The monoisotopic (exact) mass is 312 g/mol. The number of carbonyl (C=O) groups is 1. The summed E-state index contributed by atoms with van der Waals surface area (Å²) < 4.78 is 0. The third kappa shape index (κ3) is 4.75. The Morgan fingerprint density at radius 3 is 2.70 bits per heavy atom. The molecule has 1 amide bonds. The molecule has 0 atom stereocenters. The van der Waals surface area contributed by atoms with E-state index in [9.17, 15) is 10.1 Å². The Morgan fingerprint density at radius 2 is 2.09 bits per heavy atom. The molecule has 0 aromatic heterocycles. The minimum Gasteiger partial charge on any atom is -0.373 e. The van der Waals surface area contributed by atoms with Gasteiger partial charge in [0.25, 0.3) is 5.91 Å². The van der Waals surface area contributed by atoms with Crippen molar-refractivity contribution in [3.63, 3.8) is 0 Å². The number of carbonyl (C=O) groups excluding carboxylic acids is 1. The number of benzene rings is 1. The standard InChI is InChI=1S/C18H24N4O/c1-3-7-20-18(23)16(13-19)14-21-8-10-22(11-9-21)17-6-4-5-15(2)12-17/h4-6,12,14H,3,7-11H2,1-2H3,(H,20,23)/b16-14-. The van der Waals surface area contributed by atoms with E-state index in [1.807, 2.05) is 13.0 Å². The summed E-state index contributed by atoms with van der Waals surface area (Å²) in [5.41, 5.74) is 2.67. The van der Waals surface area contributed by atoms with Gasteiger partial charge >= 0.3 is 0 Å². The van der Waals surface area contributed by atoms with Gasteiger partial charge in [0.1, 0.15) is 11.6 Å². The fourth-order valence-corrected chi connectivity index (χ4v) is 2.59. The van der Waals surface area contributed by atoms with Gasteiger partial charge in [-0.2, -0.15) is 5.26 Å². The number of nitrogens with zero attached hydrogens (tertiary/aromatic N) is 3. The Bertz CT molecular complexity index is 610. The molecule has 1 heterocycles. The maximum atomic E-state index is 11.9. The summed E-state index contributed by atoms with van der Waals surface area (Å²) in [6.07, 6.45) is 2.55. The molecule has 5 heteroatoms. The quantitative estimate of drug-likeness (QED) is 0.668. The van der Waals surface area contributed by atoms with Crippen molar-refractivity contribution in [1.29, 1.82) is 5.26 Å². The highest BCUT2D eigenvalue weighted by atomic mass is 16.1. The summed E-state index contributed by atoms with van der Waals surface area (Å²) in [6.45, 7) is 8.06. The van der Waals surface area contributed by atoms with E-state index in [-0.39, 0.29) is 11.5 Å². The third-order valence-corrected chi connectivity index (χ3v) is 3.89. The Kier molecular flexibility index (Phi) is 6.04. The second-order valence-corrected chi connectivity index (χ2v) is 5.77. The van der Waals surface area contributed by atoms with E-state index in [1.54, 1.807) is 6.20 Å². The lowest BCUT2D eigenvalue weighted by molar-refractivity contribution is -0.117. The SMILES string of the molecule is CCCNC(=O)/C(C#N)=C\N1CCN(c2cccc(C)c2)CC1. The van der Waals surface area contributed by atoms with Crippen molar-refractivity contribution in [3.8, 4) is 6.07 Å². The second kappa shape index (κ2) is 8.23. The van der Waals surface area contributed by atoms with Crippen molar-refractivity contribution in [2.75, 3.05) is 37.6 Å². The Balaban J connectivity index is 1.94. The van der Waals surface area contributed by atoms with Crippen molar-refractivity contribution in [3.05, 3.63) is 41.6 Å². The number of piperazine rings is 1. The number of hydrogen-bond donors (Lipinski definition) is 1. The van der Waals surface area contributed by atoms with E-state index in [4.69, 9.17) is 0 Å². The predicted octanol–water partition coefficient (Wildman–Crippen LogP) is 2.05. The third-order valence-electron chi connectivity index (χ3n) is 3.89. The van der Waals surface area contributed by atoms with Crippen LogP contribution in [0.2, 0.25) is 0 Å². The lowest BCUT2D eigenvalue weighted by Gasteiger charge is -2.35. The maximum Gasteiger partial charge on any atom is 0.263 e. The lowest BCUT2D eigenvalue weighted by atomic mass is 10.2. The van der Waals surface area contributed by atoms with Gasteiger partial charge in [-0.25, -0.2) is 0 Å². The molecule has 0 unspecified atom stereocenters. The van der Waals surface area contributed by atoms with Crippen LogP contribution in [0.15, 0.2) is 36.0 Å². The molecule has 1 aliphatic heterocycles. The van der Waals surface area contributed by atoms with Crippen LogP contribution in [0.4, 0.5) is 5.69 Å². The van der Waals surface area contributed by atoms with Crippen LogP contribution in [-0.4, -0.2) is 43.5 Å². The molecule has 1 aromatic rings. The number of rotatable bonds is 5. The van der Waals surface area contributed by atoms with Gasteiger partial charge in [0, 0.05) is 44.6 Å². The first-order valence-electron chi connectivity index (χ1n) is 8.10. The number of anilines is 1. The van der Waals surface area contributed by atoms with Gasteiger partial charge in [0.2, 0.25) is 0 Å². The van der Waals surface area contributed by atoms with Crippen molar-refractivity contribution in [2.24, 2.45) is 0 Å². The second-order valence-electron chi connectivity index (χ2n) is 5.77. The van der Waals surface area contributed by atoms with Crippen molar-refractivity contribution < 1.29 is 4.79 Å². The Hall–Kier alpha value is -2.48. The number of amides is 1. The fraction of sp³-hybridized carbons (Fsp3) is 0.444. The van der Waals surface area contributed by atoms with Crippen LogP contribution in [0.5, 0.6) is 0 Å². The van der Waals surface area contributed by atoms with E-state index < -0.39 is 0 Å². The minimum atomic E-state index is -0.282. The van der Waals surface area contributed by atoms with Crippen molar-refractivity contribution in [2.45, 2.75) is 20.3 Å². The fourth-order valence-electron chi connectivity index (χ4n) is 2.59. The molecule has 23 heavy (non-hydrogen) atoms. The molecule has 1 aromatic carbocycles. The first kappa shape index (κ1) is 16.9. The highest BCUT2D eigenvalue weighted by Crippen LogP contribution is 2.18. The van der Waals surface area contributed by atoms with Gasteiger partial charge in [-0.05, 0) is 31.0 Å². The zero-order chi connectivity index (χ0) is 16.7. The van der Waals surface area contributed by atoms with Crippen molar-refractivity contribution in [1.82, 2.24) is 10.2 Å². The van der Waals surface area contributed by atoms with Crippen LogP contribution >= 0.6 is 0 Å². The minimum absolute atomic E-state index is 0.183. The number of hydrogen-bond acceptors (Lipinski definition) is 4. The highest BCUT2D eigenvalue weighted by Gasteiger charge is 2.17. The van der Waals surface area contributed by atoms with Crippen LogP contribution in [0, 0.1) is 18.3 Å². The molecule has 0 saturated carbocycles. The zero-order valence-corrected chi connectivity index (χ0v) is 13.9. The van der Waals surface area contributed by atoms with E-state index in [0.29, 0.717) is 6.54 Å². The smallest absolute Gasteiger partial charge is 0.263 e. The van der Waals surface area contributed by atoms with Crippen LogP contribution in [-0.2, 0) is 4.79 Å². The molecule has 0 aliphatic carbocycles. The van der Waals surface area contributed by atoms with Crippen LogP contribution in [0.25, 0.3) is 0 Å². The Morgan fingerprint density at radius 1 is 1.35 bits per heavy atom. The summed E-state index contributed by atoms with van der Waals surface area (Å²) in [5.74, 6) is -0.282. The van der Waals surface area contributed by atoms with Gasteiger partial charge < -0.3 is 15.1 Å². The zero-order valence-electron chi connectivity index (χ0n) is 13.9. The molecule has 2 rings (SSSR count). The normalized spacial score (nSPS) is 15.3. The van der Waals surface area contributed by atoms with Gasteiger partial charge in [0.15, 0.2) is 0 Å². The van der Waals surface area contributed by atoms with Gasteiger partial charge in [-0.15, -0.1) is 0 Å². The Labute approximate surface area is 138 Å². The first-order chi connectivity index (χ1) is 11.1. The molecule has 0 bridgehead atoms. The maximum absolute atomic E-state index is 11.9. The van der Waals surface area contributed by atoms with Gasteiger partial charge in [0.05, 0.1) is 0 Å². The summed E-state index contributed by atoms with van der Waals surface area (Å²) in [6, 6.07) is 10.5. The molecule has 5 nitrogen and oxygen atoms in total. The molecule has 1 saturated heterocycles. The number of aryl methyl sites for hydroxylation is 1. The van der Waals surface area contributed by atoms with E-state index in [2.05, 4.69) is 46.3 Å². The van der Waals surface area contributed by atoms with E-state index in [1.165, 1.54) is 11.3 Å². The summed E-state index contributed by atoms with van der Waals surface area (Å²) in [7, 11) is 0. The summed E-state index contributed by atoms with van der Waals surface area (Å²) >= 11 is 0. The molecule has 1 N–H and O–H groups in total. The number of nitriles is 1.